The zero-order valence-corrected chi connectivity index (χ0v) is 13.3. The second-order valence-corrected chi connectivity index (χ2v) is 5.73. The molecule has 0 amide bonds. The van der Waals surface area contributed by atoms with Crippen LogP contribution >= 0.6 is 0 Å². The van der Waals surface area contributed by atoms with Crippen molar-refractivity contribution >= 4 is 11.3 Å². The van der Waals surface area contributed by atoms with E-state index < -0.39 is 0 Å². The maximum atomic E-state index is 4.58. The standard InChI is InChI=1S/C19H25N/c1-8-17(13-20-16(5)19(6,7)9-2)18-11-10-14(3)15(4)12-18/h8-13H,1-2H2,3-7H3/b17-13+,20-16+. The Kier molecular flexibility index (Phi) is 5.26. The van der Waals surface area contributed by atoms with Gasteiger partial charge in [-0.25, -0.2) is 0 Å². The molecule has 0 aromatic heterocycles. The van der Waals surface area contributed by atoms with E-state index in [1.165, 1.54) is 11.1 Å². The highest BCUT2D eigenvalue weighted by molar-refractivity contribution is 5.90. The first-order valence-electron chi connectivity index (χ1n) is 6.90. The topological polar surface area (TPSA) is 12.4 Å². The number of nitrogens with zero attached hydrogens (tertiary/aromatic N) is 1. The largest absolute Gasteiger partial charge is 0.264 e. The van der Waals surface area contributed by atoms with E-state index in [0.29, 0.717) is 0 Å². The Morgan fingerprint density at radius 3 is 2.30 bits per heavy atom. The van der Waals surface area contributed by atoms with Crippen LogP contribution in [-0.2, 0) is 0 Å². The van der Waals surface area contributed by atoms with Gasteiger partial charge < -0.3 is 0 Å². The Morgan fingerprint density at radius 2 is 1.80 bits per heavy atom. The van der Waals surface area contributed by atoms with E-state index in [4.69, 9.17) is 0 Å². The van der Waals surface area contributed by atoms with Gasteiger partial charge in [-0.2, -0.15) is 0 Å². The van der Waals surface area contributed by atoms with Crippen molar-refractivity contribution in [2.24, 2.45) is 10.4 Å². The van der Waals surface area contributed by atoms with E-state index in [1.807, 2.05) is 25.3 Å². The van der Waals surface area contributed by atoms with Gasteiger partial charge in [-0.15, -0.1) is 6.58 Å². The molecule has 0 radical (unpaired) electrons. The Bertz CT molecular complexity index is 571. The highest BCUT2D eigenvalue weighted by Crippen LogP contribution is 2.22. The summed E-state index contributed by atoms with van der Waals surface area (Å²) in [5.41, 5.74) is 5.71. The van der Waals surface area contributed by atoms with Crippen molar-refractivity contribution in [1.29, 1.82) is 0 Å². The molecule has 0 N–H and O–H groups in total. The van der Waals surface area contributed by atoms with Crippen LogP contribution in [0, 0.1) is 19.3 Å². The lowest BCUT2D eigenvalue weighted by molar-refractivity contribution is 0.674. The molecular formula is C19H25N. The van der Waals surface area contributed by atoms with Gasteiger partial charge in [0.1, 0.15) is 0 Å². The molecule has 0 aliphatic carbocycles. The van der Waals surface area contributed by atoms with E-state index in [-0.39, 0.29) is 5.41 Å². The van der Waals surface area contributed by atoms with Crippen LogP contribution in [0.15, 0.2) is 54.7 Å². The summed E-state index contributed by atoms with van der Waals surface area (Å²) in [6.07, 6.45) is 5.66. The summed E-state index contributed by atoms with van der Waals surface area (Å²) in [7, 11) is 0. The van der Waals surface area contributed by atoms with Gasteiger partial charge in [0.2, 0.25) is 0 Å². The molecule has 0 unspecified atom stereocenters. The zero-order valence-electron chi connectivity index (χ0n) is 13.3. The van der Waals surface area contributed by atoms with Crippen LogP contribution < -0.4 is 0 Å². The lowest BCUT2D eigenvalue weighted by Crippen LogP contribution is -2.17. The number of benzene rings is 1. The third-order valence-electron chi connectivity index (χ3n) is 3.90. The number of aliphatic imine (C=N–C) groups is 1. The van der Waals surface area contributed by atoms with Crippen molar-refractivity contribution in [2.45, 2.75) is 34.6 Å². The van der Waals surface area contributed by atoms with Gasteiger partial charge in [-0.1, -0.05) is 50.8 Å². The molecule has 1 heteroatoms. The van der Waals surface area contributed by atoms with Gasteiger partial charge in [0.05, 0.1) is 0 Å². The molecule has 20 heavy (non-hydrogen) atoms. The number of allylic oxidation sites excluding steroid dienone is 3. The number of hydrogen-bond acceptors (Lipinski definition) is 1. The molecule has 1 rings (SSSR count). The monoisotopic (exact) mass is 267 g/mol. The van der Waals surface area contributed by atoms with Gasteiger partial charge in [-0.3, -0.25) is 4.99 Å². The highest BCUT2D eigenvalue weighted by atomic mass is 14.7. The fourth-order valence-corrected chi connectivity index (χ4v) is 1.65. The molecule has 1 aromatic carbocycles. The summed E-state index contributed by atoms with van der Waals surface area (Å²) >= 11 is 0. The molecule has 0 heterocycles. The van der Waals surface area contributed by atoms with E-state index in [2.05, 4.69) is 64.0 Å². The summed E-state index contributed by atoms with van der Waals surface area (Å²) in [6.45, 7) is 18.2. The third-order valence-corrected chi connectivity index (χ3v) is 3.90. The van der Waals surface area contributed by atoms with Gasteiger partial charge in [0.15, 0.2) is 0 Å². The lowest BCUT2D eigenvalue weighted by atomic mass is 9.88. The van der Waals surface area contributed by atoms with Crippen molar-refractivity contribution in [3.8, 4) is 0 Å². The predicted molar refractivity (Wildman–Crippen MR) is 91.2 cm³/mol. The van der Waals surface area contributed by atoms with Crippen molar-refractivity contribution in [2.75, 3.05) is 0 Å². The first-order valence-corrected chi connectivity index (χ1v) is 6.90. The average molecular weight is 267 g/mol. The minimum atomic E-state index is -0.0913. The third kappa shape index (κ3) is 3.80. The number of rotatable bonds is 5. The summed E-state index contributed by atoms with van der Waals surface area (Å²) in [4.78, 5) is 4.58. The Hall–Kier alpha value is -1.89. The highest BCUT2D eigenvalue weighted by Gasteiger charge is 2.16. The van der Waals surface area contributed by atoms with Crippen LogP contribution in [0.2, 0.25) is 0 Å². The van der Waals surface area contributed by atoms with Crippen molar-refractivity contribution in [3.63, 3.8) is 0 Å². The molecule has 0 spiro atoms. The van der Waals surface area contributed by atoms with Gasteiger partial charge >= 0.3 is 0 Å². The van der Waals surface area contributed by atoms with Gasteiger partial charge in [-0.05, 0) is 43.0 Å². The molecule has 1 aromatic rings. The minimum absolute atomic E-state index is 0.0913. The van der Waals surface area contributed by atoms with E-state index >= 15 is 0 Å². The van der Waals surface area contributed by atoms with Crippen molar-refractivity contribution < 1.29 is 0 Å². The molecule has 0 atom stereocenters. The summed E-state index contributed by atoms with van der Waals surface area (Å²) in [5.74, 6) is 0. The summed E-state index contributed by atoms with van der Waals surface area (Å²) < 4.78 is 0. The average Bonchev–Trinajstić information content (AvgIpc) is 2.42. The van der Waals surface area contributed by atoms with Crippen LogP contribution in [0.5, 0.6) is 0 Å². The molecule has 0 aliphatic heterocycles. The first-order chi connectivity index (χ1) is 9.31. The maximum absolute atomic E-state index is 4.58. The van der Waals surface area contributed by atoms with Crippen LogP contribution in [0.4, 0.5) is 0 Å². The molecule has 0 saturated heterocycles. The van der Waals surface area contributed by atoms with Crippen LogP contribution in [0.25, 0.3) is 5.57 Å². The quantitative estimate of drug-likeness (QED) is 0.379. The predicted octanol–water partition coefficient (Wildman–Crippen LogP) is 5.50. The van der Waals surface area contributed by atoms with Gasteiger partial charge in [0, 0.05) is 17.3 Å². The van der Waals surface area contributed by atoms with E-state index in [1.54, 1.807) is 0 Å². The SMILES string of the molecule is C=C/C(=C\N=C(/C)C(C)(C)C=C)c1ccc(C)c(C)c1. The Balaban J connectivity index is 3.16. The summed E-state index contributed by atoms with van der Waals surface area (Å²) in [6, 6.07) is 6.41. The van der Waals surface area contributed by atoms with Gasteiger partial charge in [0.25, 0.3) is 0 Å². The Labute approximate surface area is 123 Å². The second kappa shape index (κ2) is 6.51. The molecular weight excluding hydrogens is 242 g/mol. The van der Waals surface area contributed by atoms with Crippen molar-refractivity contribution in [3.05, 3.63) is 66.4 Å². The second-order valence-electron chi connectivity index (χ2n) is 5.73. The van der Waals surface area contributed by atoms with Crippen molar-refractivity contribution in [1.82, 2.24) is 0 Å². The molecule has 0 fully saturated rings. The summed E-state index contributed by atoms with van der Waals surface area (Å²) in [5, 5.41) is 0. The lowest BCUT2D eigenvalue weighted by Gasteiger charge is -2.18. The molecule has 1 nitrogen and oxygen atoms in total. The number of aryl methyl sites for hydroxylation is 2. The minimum Gasteiger partial charge on any atom is -0.264 e. The van der Waals surface area contributed by atoms with Crippen LogP contribution in [0.3, 0.4) is 0 Å². The van der Waals surface area contributed by atoms with Crippen LogP contribution in [-0.4, -0.2) is 5.71 Å². The molecule has 0 bridgehead atoms. The Morgan fingerprint density at radius 1 is 1.15 bits per heavy atom. The first kappa shape index (κ1) is 16.2. The molecule has 106 valence electrons. The van der Waals surface area contributed by atoms with E-state index in [9.17, 15) is 0 Å². The smallest absolute Gasteiger partial charge is 0.0345 e. The normalized spacial score (nSPS) is 13.2. The fourth-order valence-electron chi connectivity index (χ4n) is 1.65. The fraction of sp³-hybridized carbons (Fsp3) is 0.316. The maximum Gasteiger partial charge on any atom is 0.0345 e. The van der Waals surface area contributed by atoms with E-state index in [0.717, 1.165) is 16.8 Å². The molecule has 0 aliphatic rings. The zero-order chi connectivity index (χ0) is 15.3. The number of hydrogen-bond donors (Lipinski definition) is 0. The molecule has 0 saturated carbocycles. The van der Waals surface area contributed by atoms with Crippen LogP contribution in [0.1, 0.15) is 37.5 Å².